The Hall–Kier alpha value is -3.04. The van der Waals surface area contributed by atoms with Crippen LogP contribution in [0.3, 0.4) is 0 Å². The van der Waals surface area contributed by atoms with Crippen LogP contribution in [0.25, 0.3) is 33.2 Å². The molecule has 1 aromatic heterocycles. The Balaban J connectivity index is 2.23. The lowest BCUT2D eigenvalue weighted by Gasteiger charge is -2.22. The average molecular weight is 390 g/mol. The molecule has 0 aliphatic rings. The largest absolute Gasteiger partial charge is 0.408 e. The standard InChI is InChI=1S/C24H20ClNO2/c1-16(2)28-26-23(18-11-7-4-8-12-18)22(17-9-5-3-6-10-17)21-15-19(25)13-14-20(21)24(26)27/h3-16H,1-2H3. The van der Waals surface area contributed by atoms with E-state index in [0.29, 0.717) is 10.4 Å². The molecule has 1 heterocycles. The number of hydrogen-bond donors (Lipinski definition) is 0. The van der Waals surface area contributed by atoms with E-state index in [0.717, 1.165) is 27.8 Å². The van der Waals surface area contributed by atoms with Crippen molar-refractivity contribution in [2.24, 2.45) is 0 Å². The van der Waals surface area contributed by atoms with E-state index in [1.54, 1.807) is 12.1 Å². The second-order valence-electron chi connectivity index (χ2n) is 6.90. The molecule has 3 nitrogen and oxygen atoms in total. The van der Waals surface area contributed by atoms with E-state index in [1.807, 2.05) is 80.6 Å². The van der Waals surface area contributed by atoms with E-state index < -0.39 is 0 Å². The number of benzene rings is 3. The highest BCUT2D eigenvalue weighted by atomic mass is 35.5. The molecular weight excluding hydrogens is 370 g/mol. The second-order valence-corrected chi connectivity index (χ2v) is 7.34. The molecule has 4 aromatic rings. The highest BCUT2D eigenvalue weighted by Crippen LogP contribution is 2.37. The Morgan fingerprint density at radius 3 is 2.04 bits per heavy atom. The molecule has 0 aliphatic carbocycles. The first-order valence-corrected chi connectivity index (χ1v) is 9.60. The van der Waals surface area contributed by atoms with Gasteiger partial charge in [0.15, 0.2) is 0 Å². The molecule has 3 aromatic carbocycles. The molecule has 0 unspecified atom stereocenters. The van der Waals surface area contributed by atoms with Crippen LogP contribution in [0.2, 0.25) is 5.02 Å². The molecule has 0 amide bonds. The summed E-state index contributed by atoms with van der Waals surface area (Å²) in [4.78, 5) is 19.4. The smallest absolute Gasteiger partial charge is 0.291 e. The minimum Gasteiger partial charge on any atom is -0.408 e. The third kappa shape index (κ3) is 3.30. The summed E-state index contributed by atoms with van der Waals surface area (Å²) in [5.41, 5.74) is 3.35. The molecule has 4 heteroatoms. The van der Waals surface area contributed by atoms with Crippen LogP contribution < -0.4 is 10.4 Å². The zero-order valence-electron chi connectivity index (χ0n) is 15.7. The van der Waals surface area contributed by atoms with Crippen molar-refractivity contribution in [1.82, 2.24) is 4.73 Å². The summed E-state index contributed by atoms with van der Waals surface area (Å²) in [5, 5.41) is 1.97. The molecule has 28 heavy (non-hydrogen) atoms. The normalized spacial score (nSPS) is 11.1. The van der Waals surface area contributed by atoms with Crippen molar-refractivity contribution < 1.29 is 4.84 Å². The number of halogens is 1. The van der Waals surface area contributed by atoms with Gasteiger partial charge in [0, 0.05) is 16.1 Å². The van der Waals surface area contributed by atoms with Crippen molar-refractivity contribution in [2.45, 2.75) is 20.0 Å². The fraction of sp³-hybridized carbons (Fsp3) is 0.125. The number of rotatable bonds is 4. The molecule has 0 aliphatic heterocycles. The van der Waals surface area contributed by atoms with Crippen molar-refractivity contribution in [3.63, 3.8) is 0 Å². The first kappa shape index (κ1) is 18.3. The Labute approximate surface area is 168 Å². The van der Waals surface area contributed by atoms with Crippen molar-refractivity contribution in [2.75, 3.05) is 0 Å². The number of pyridine rings is 1. The van der Waals surface area contributed by atoms with Gasteiger partial charge in [0.1, 0.15) is 6.10 Å². The number of hydrogen-bond acceptors (Lipinski definition) is 2. The van der Waals surface area contributed by atoms with Crippen LogP contribution in [0.5, 0.6) is 0 Å². The molecule has 140 valence electrons. The van der Waals surface area contributed by atoms with E-state index in [-0.39, 0.29) is 11.7 Å². The first-order valence-electron chi connectivity index (χ1n) is 9.22. The van der Waals surface area contributed by atoms with Gasteiger partial charge >= 0.3 is 0 Å². The van der Waals surface area contributed by atoms with Crippen molar-refractivity contribution in [3.05, 3.63) is 94.2 Å². The van der Waals surface area contributed by atoms with Gasteiger partial charge < -0.3 is 4.84 Å². The molecule has 0 saturated carbocycles. The Bertz CT molecular complexity index is 1180. The number of fused-ring (bicyclic) bond motifs is 1. The van der Waals surface area contributed by atoms with Crippen LogP contribution in [0.15, 0.2) is 83.7 Å². The summed E-state index contributed by atoms with van der Waals surface area (Å²) in [7, 11) is 0. The molecule has 0 radical (unpaired) electrons. The van der Waals surface area contributed by atoms with Crippen LogP contribution in [-0.4, -0.2) is 10.8 Å². The third-order valence-corrected chi connectivity index (χ3v) is 4.77. The van der Waals surface area contributed by atoms with Gasteiger partial charge in [-0.3, -0.25) is 4.79 Å². The first-order chi connectivity index (χ1) is 13.6. The number of aromatic nitrogens is 1. The summed E-state index contributed by atoms with van der Waals surface area (Å²) in [5.74, 6) is 0. The van der Waals surface area contributed by atoms with Gasteiger partial charge in [-0.2, -0.15) is 0 Å². The van der Waals surface area contributed by atoms with E-state index in [1.165, 1.54) is 4.73 Å². The van der Waals surface area contributed by atoms with Gasteiger partial charge in [-0.1, -0.05) is 72.3 Å². The van der Waals surface area contributed by atoms with Crippen LogP contribution in [0.4, 0.5) is 0 Å². The fourth-order valence-electron chi connectivity index (χ4n) is 3.42. The lowest BCUT2D eigenvalue weighted by atomic mass is 9.94. The Morgan fingerprint density at radius 2 is 1.43 bits per heavy atom. The molecule has 0 spiro atoms. The highest BCUT2D eigenvalue weighted by Gasteiger charge is 2.21. The van der Waals surface area contributed by atoms with Crippen LogP contribution in [-0.2, 0) is 0 Å². The van der Waals surface area contributed by atoms with Crippen LogP contribution >= 0.6 is 11.6 Å². The molecule has 0 saturated heterocycles. The maximum absolute atomic E-state index is 13.3. The number of nitrogens with zero attached hydrogens (tertiary/aromatic N) is 1. The lowest BCUT2D eigenvalue weighted by Crippen LogP contribution is -2.32. The van der Waals surface area contributed by atoms with Crippen LogP contribution in [0, 0.1) is 0 Å². The molecular formula is C24H20ClNO2. The fourth-order valence-corrected chi connectivity index (χ4v) is 3.59. The molecule has 0 bridgehead atoms. The second kappa shape index (κ2) is 7.53. The minimum atomic E-state index is -0.195. The molecule has 0 fully saturated rings. The summed E-state index contributed by atoms with van der Waals surface area (Å²) in [6, 6.07) is 25.2. The van der Waals surface area contributed by atoms with Gasteiger partial charge in [0.25, 0.3) is 5.56 Å². The summed E-state index contributed by atoms with van der Waals surface area (Å²) >= 11 is 6.31. The minimum absolute atomic E-state index is 0.159. The monoisotopic (exact) mass is 389 g/mol. The zero-order chi connectivity index (χ0) is 19.7. The van der Waals surface area contributed by atoms with Gasteiger partial charge in [-0.05, 0) is 43.0 Å². The topological polar surface area (TPSA) is 31.2 Å². The highest BCUT2D eigenvalue weighted by molar-refractivity contribution is 6.31. The predicted octanol–water partition coefficient (Wildman–Crippen LogP) is 5.83. The van der Waals surface area contributed by atoms with E-state index in [9.17, 15) is 4.79 Å². The van der Waals surface area contributed by atoms with Gasteiger partial charge in [-0.15, -0.1) is 4.73 Å². The van der Waals surface area contributed by atoms with E-state index >= 15 is 0 Å². The third-order valence-electron chi connectivity index (χ3n) is 4.53. The van der Waals surface area contributed by atoms with Crippen molar-refractivity contribution in [1.29, 1.82) is 0 Å². The van der Waals surface area contributed by atoms with Gasteiger partial charge in [0.2, 0.25) is 0 Å². The lowest BCUT2D eigenvalue weighted by molar-refractivity contribution is 0.0573. The SMILES string of the molecule is CC(C)On1c(-c2ccccc2)c(-c2ccccc2)c2cc(Cl)ccc2c1=O. The quantitative estimate of drug-likeness (QED) is 0.440. The van der Waals surface area contributed by atoms with Crippen LogP contribution in [0.1, 0.15) is 13.8 Å². The average Bonchev–Trinajstić information content (AvgIpc) is 2.70. The molecule has 4 rings (SSSR count). The van der Waals surface area contributed by atoms with Gasteiger partial charge in [-0.25, -0.2) is 0 Å². The maximum atomic E-state index is 13.3. The molecule has 0 atom stereocenters. The zero-order valence-corrected chi connectivity index (χ0v) is 16.5. The molecule has 0 N–H and O–H groups in total. The van der Waals surface area contributed by atoms with Crippen molar-refractivity contribution in [3.8, 4) is 22.4 Å². The van der Waals surface area contributed by atoms with E-state index in [2.05, 4.69) is 0 Å². The maximum Gasteiger partial charge on any atom is 0.291 e. The Morgan fingerprint density at radius 1 is 0.821 bits per heavy atom. The summed E-state index contributed by atoms with van der Waals surface area (Å²) < 4.78 is 1.43. The van der Waals surface area contributed by atoms with Gasteiger partial charge in [0.05, 0.1) is 11.1 Å². The van der Waals surface area contributed by atoms with Crippen molar-refractivity contribution >= 4 is 22.4 Å². The summed E-state index contributed by atoms with van der Waals surface area (Å²) in [6.07, 6.45) is -0.159. The predicted molar refractivity (Wildman–Crippen MR) is 116 cm³/mol. The summed E-state index contributed by atoms with van der Waals surface area (Å²) in [6.45, 7) is 3.82. The van der Waals surface area contributed by atoms with E-state index in [4.69, 9.17) is 16.4 Å². The Kier molecular flexibility index (Phi) is 4.93.